The van der Waals surface area contributed by atoms with Crippen molar-refractivity contribution in [3.05, 3.63) is 23.3 Å². The van der Waals surface area contributed by atoms with Gasteiger partial charge in [-0.2, -0.15) is 0 Å². The molecule has 1 aromatic rings. The number of halogens is 1. The lowest BCUT2D eigenvalue weighted by Crippen LogP contribution is -2.31. The van der Waals surface area contributed by atoms with Gasteiger partial charge in [-0.05, 0) is 24.1 Å². The van der Waals surface area contributed by atoms with E-state index in [9.17, 15) is 0 Å². The first-order valence-electron chi connectivity index (χ1n) is 5.54. The van der Waals surface area contributed by atoms with Gasteiger partial charge in [0.25, 0.3) is 0 Å². The molecule has 0 unspecified atom stereocenters. The maximum Gasteiger partial charge on any atom is 0.498 e. The Kier molecular flexibility index (Phi) is 3.63. The highest BCUT2D eigenvalue weighted by Gasteiger charge is 2.41. The van der Waals surface area contributed by atoms with Gasteiger partial charge in [-0.1, -0.05) is 6.07 Å². The Balaban J connectivity index is 0.00000108. The van der Waals surface area contributed by atoms with Crippen molar-refractivity contribution in [3.8, 4) is 5.75 Å². The summed E-state index contributed by atoms with van der Waals surface area (Å²) < 4.78 is 17.1. The van der Waals surface area contributed by atoms with Crippen LogP contribution in [0.1, 0.15) is 17.2 Å². The molecule has 0 amide bonds. The summed E-state index contributed by atoms with van der Waals surface area (Å²) in [5, 5.41) is 0. The van der Waals surface area contributed by atoms with Gasteiger partial charge in [0.2, 0.25) is 0 Å². The zero-order chi connectivity index (χ0) is 11.1. The zero-order valence-corrected chi connectivity index (χ0v) is 10.5. The van der Waals surface area contributed by atoms with Crippen molar-refractivity contribution in [2.24, 2.45) is 5.73 Å². The van der Waals surface area contributed by atoms with E-state index in [4.69, 9.17) is 19.8 Å². The molecule has 0 radical (unpaired) electrons. The van der Waals surface area contributed by atoms with E-state index in [1.165, 1.54) is 5.56 Å². The van der Waals surface area contributed by atoms with E-state index in [1.807, 2.05) is 12.1 Å². The van der Waals surface area contributed by atoms with Crippen LogP contribution in [0.2, 0.25) is 0 Å². The van der Waals surface area contributed by atoms with E-state index in [2.05, 4.69) is 6.92 Å². The fourth-order valence-corrected chi connectivity index (χ4v) is 2.41. The lowest BCUT2D eigenvalue weighted by Gasteiger charge is -2.14. The van der Waals surface area contributed by atoms with Crippen LogP contribution in [0.5, 0.6) is 5.75 Å². The van der Waals surface area contributed by atoms with E-state index < -0.39 is 0 Å². The summed E-state index contributed by atoms with van der Waals surface area (Å²) in [5.41, 5.74) is 9.09. The summed E-state index contributed by atoms with van der Waals surface area (Å²) in [6.07, 6.45) is -0.0679. The quantitative estimate of drug-likeness (QED) is 0.745. The molecule has 2 aliphatic rings. The topological polar surface area (TPSA) is 53.7 Å². The highest BCUT2D eigenvalue weighted by molar-refractivity contribution is 6.64. The summed E-state index contributed by atoms with van der Waals surface area (Å²) in [5.74, 6) is 0.874. The second kappa shape index (κ2) is 4.86. The molecule has 4 nitrogen and oxygen atoms in total. The number of ether oxygens (including phenoxy) is 1. The van der Waals surface area contributed by atoms with Crippen molar-refractivity contribution in [2.45, 2.75) is 13.0 Å². The van der Waals surface area contributed by atoms with Gasteiger partial charge in [0.1, 0.15) is 12.4 Å². The summed E-state index contributed by atoms with van der Waals surface area (Å²) in [4.78, 5) is 0. The van der Waals surface area contributed by atoms with Crippen LogP contribution >= 0.6 is 12.4 Å². The first-order chi connectivity index (χ1) is 7.81. The monoisotopic (exact) mass is 255 g/mol. The molecule has 1 atom stereocenters. The molecule has 0 spiro atoms. The van der Waals surface area contributed by atoms with Gasteiger partial charge < -0.3 is 19.8 Å². The minimum absolute atomic E-state index is 0. The van der Waals surface area contributed by atoms with Crippen molar-refractivity contribution in [1.29, 1.82) is 0 Å². The van der Waals surface area contributed by atoms with Crippen molar-refractivity contribution in [1.82, 2.24) is 0 Å². The minimum atomic E-state index is -0.305. The molecule has 0 saturated carbocycles. The Labute approximate surface area is 107 Å². The van der Waals surface area contributed by atoms with Crippen LogP contribution in [-0.4, -0.2) is 26.9 Å². The van der Waals surface area contributed by atoms with E-state index in [0.717, 1.165) is 16.8 Å². The highest BCUT2D eigenvalue weighted by atomic mass is 35.5. The van der Waals surface area contributed by atoms with Gasteiger partial charge in [0.15, 0.2) is 0 Å². The predicted molar refractivity (Wildman–Crippen MR) is 68.1 cm³/mol. The first-order valence-corrected chi connectivity index (χ1v) is 5.54. The molecular weight excluding hydrogens is 240 g/mol. The SMILES string of the molecule is Cc1ccc2c3c1[C@@H](CN)OB3OCCO2.Cl. The molecule has 92 valence electrons. The third-order valence-corrected chi connectivity index (χ3v) is 3.13. The van der Waals surface area contributed by atoms with Gasteiger partial charge in [-0.3, -0.25) is 0 Å². The molecule has 2 heterocycles. The van der Waals surface area contributed by atoms with Gasteiger partial charge in [-0.15, -0.1) is 12.4 Å². The molecule has 17 heavy (non-hydrogen) atoms. The lowest BCUT2D eigenvalue weighted by atomic mass is 9.76. The normalized spacial score (nSPS) is 21.3. The zero-order valence-electron chi connectivity index (χ0n) is 9.64. The van der Waals surface area contributed by atoms with Crippen molar-refractivity contribution in [2.75, 3.05) is 19.8 Å². The molecule has 0 aromatic heterocycles. The lowest BCUT2D eigenvalue weighted by molar-refractivity contribution is 0.147. The standard InChI is InChI=1S/C11H14BNO3.ClH/c1-7-2-3-8-11-10(7)9(6-13)16-12(11)15-5-4-14-8;/h2-3,9H,4-6,13H2,1H3;1H/t9-;/m1./s1. The van der Waals surface area contributed by atoms with Crippen molar-refractivity contribution < 1.29 is 14.0 Å². The molecule has 0 bridgehead atoms. The van der Waals surface area contributed by atoms with Gasteiger partial charge in [0.05, 0.1) is 12.7 Å². The molecule has 3 rings (SSSR count). The Morgan fingerprint density at radius 2 is 2.24 bits per heavy atom. The summed E-state index contributed by atoms with van der Waals surface area (Å²) >= 11 is 0. The fraction of sp³-hybridized carbons (Fsp3) is 0.455. The Morgan fingerprint density at radius 1 is 1.41 bits per heavy atom. The van der Waals surface area contributed by atoms with Crippen LogP contribution in [0.4, 0.5) is 0 Å². The van der Waals surface area contributed by atoms with Crippen LogP contribution in [0, 0.1) is 6.92 Å². The summed E-state index contributed by atoms with van der Waals surface area (Å²) in [6, 6.07) is 4.03. The van der Waals surface area contributed by atoms with E-state index in [1.54, 1.807) is 0 Å². The number of nitrogens with two attached hydrogens (primary N) is 1. The third kappa shape index (κ3) is 1.93. The van der Waals surface area contributed by atoms with Crippen LogP contribution in [0.25, 0.3) is 0 Å². The maximum atomic E-state index is 5.80. The largest absolute Gasteiger partial charge is 0.498 e. The Hall–Kier alpha value is -0.745. The van der Waals surface area contributed by atoms with Crippen LogP contribution in [-0.2, 0) is 9.31 Å². The summed E-state index contributed by atoms with van der Waals surface area (Å²) in [7, 11) is -0.305. The van der Waals surface area contributed by atoms with E-state index in [-0.39, 0.29) is 25.6 Å². The molecule has 0 fully saturated rings. The smallest absolute Gasteiger partial charge is 0.492 e. The second-order valence-corrected chi connectivity index (χ2v) is 4.12. The van der Waals surface area contributed by atoms with Crippen molar-refractivity contribution >= 4 is 25.0 Å². The maximum absolute atomic E-state index is 5.80. The van der Waals surface area contributed by atoms with Gasteiger partial charge in [0, 0.05) is 12.0 Å². The second-order valence-electron chi connectivity index (χ2n) is 4.12. The third-order valence-electron chi connectivity index (χ3n) is 3.13. The first kappa shape index (κ1) is 12.7. The fourth-order valence-electron chi connectivity index (χ4n) is 2.41. The Bertz CT molecular complexity index is 429. The number of hydrogen-bond acceptors (Lipinski definition) is 4. The van der Waals surface area contributed by atoms with Crippen molar-refractivity contribution in [3.63, 3.8) is 0 Å². The Morgan fingerprint density at radius 3 is 3.00 bits per heavy atom. The minimum Gasteiger partial charge on any atom is -0.492 e. The molecule has 2 N–H and O–H groups in total. The predicted octanol–water partition coefficient (Wildman–Crippen LogP) is 0.551. The average molecular weight is 256 g/mol. The van der Waals surface area contributed by atoms with E-state index >= 15 is 0 Å². The number of hydrogen-bond donors (Lipinski definition) is 1. The van der Waals surface area contributed by atoms with Gasteiger partial charge in [-0.25, -0.2) is 0 Å². The number of benzene rings is 1. The van der Waals surface area contributed by atoms with Crippen LogP contribution < -0.4 is 15.9 Å². The van der Waals surface area contributed by atoms with Gasteiger partial charge >= 0.3 is 7.12 Å². The molecular formula is C11H15BClNO3. The van der Waals surface area contributed by atoms with Crippen LogP contribution in [0.3, 0.4) is 0 Å². The summed E-state index contributed by atoms with van der Waals surface area (Å²) in [6.45, 7) is 3.66. The molecule has 0 aliphatic carbocycles. The highest BCUT2D eigenvalue weighted by Crippen LogP contribution is 2.31. The molecule has 6 heteroatoms. The number of rotatable bonds is 1. The average Bonchev–Trinajstić information content (AvgIpc) is 2.55. The molecule has 2 aliphatic heterocycles. The van der Waals surface area contributed by atoms with E-state index in [0.29, 0.717) is 19.8 Å². The molecule has 1 aromatic carbocycles. The number of aryl methyl sites for hydroxylation is 1. The molecule has 0 saturated heterocycles. The van der Waals surface area contributed by atoms with Crippen LogP contribution in [0.15, 0.2) is 12.1 Å².